The van der Waals surface area contributed by atoms with E-state index in [-0.39, 0.29) is 0 Å². The predicted molar refractivity (Wildman–Crippen MR) is 67.7 cm³/mol. The Labute approximate surface area is 97.9 Å². The van der Waals surface area contributed by atoms with E-state index in [2.05, 4.69) is 28.3 Å². The Hall–Kier alpha value is -1.09. The van der Waals surface area contributed by atoms with Gasteiger partial charge in [-0.2, -0.15) is 0 Å². The zero-order chi connectivity index (χ0) is 11.4. The first kappa shape index (κ1) is 11.4. The Bertz CT molecular complexity index is 338. The minimum absolute atomic E-state index is 0.765. The molecule has 2 heterocycles. The van der Waals surface area contributed by atoms with E-state index >= 15 is 0 Å². The molecule has 1 unspecified atom stereocenters. The molecule has 0 aromatic carbocycles. The molecule has 3 nitrogen and oxygen atoms in total. The van der Waals surface area contributed by atoms with Gasteiger partial charge in [0.05, 0.1) is 0 Å². The van der Waals surface area contributed by atoms with Crippen molar-refractivity contribution >= 4 is 5.82 Å². The lowest BCUT2D eigenvalue weighted by Gasteiger charge is -2.29. The smallest absolute Gasteiger partial charge is 0.126 e. The number of hydrogen-bond acceptors (Lipinski definition) is 3. The van der Waals surface area contributed by atoms with Crippen molar-refractivity contribution < 1.29 is 0 Å². The molecule has 1 atom stereocenters. The molecule has 1 aliphatic rings. The summed E-state index contributed by atoms with van der Waals surface area (Å²) < 4.78 is 0. The maximum atomic E-state index is 4.45. The third-order valence-corrected chi connectivity index (χ3v) is 3.18. The summed E-state index contributed by atoms with van der Waals surface area (Å²) in [4.78, 5) is 6.87. The van der Waals surface area contributed by atoms with Crippen LogP contribution in [0.4, 0.5) is 5.82 Å². The van der Waals surface area contributed by atoms with Crippen LogP contribution in [0.3, 0.4) is 0 Å². The molecule has 1 fully saturated rings. The number of hydrogen-bond donors (Lipinski definition) is 1. The highest BCUT2D eigenvalue weighted by Gasteiger charge is 2.16. The molecule has 0 radical (unpaired) electrons. The standard InChI is InChI=1S/C13H21N3/c1-11-5-3-7-13(15-11)14-9-12-6-4-8-16(2)10-12/h3,5,7,12H,4,6,8-10H2,1-2H3,(H,14,15). The van der Waals surface area contributed by atoms with Crippen LogP contribution in [0.15, 0.2) is 18.2 Å². The van der Waals surface area contributed by atoms with Gasteiger partial charge in [0, 0.05) is 18.8 Å². The lowest BCUT2D eigenvalue weighted by atomic mass is 9.98. The van der Waals surface area contributed by atoms with Gasteiger partial charge < -0.3 is 10.2 Å². The Morgan fingerprint density at radius 2 is 2.38 bits per heavy atom. The molecule has 1 aromatic rings. The Morgan fingerprint density at radius 1 is 1.50 bits per heavy atom. The number of rotatable bonds is 3. The molecule has 1 aromatic heterocycles. The fraction of sp³-hybridized carbons (Fsp3) is 0.615. The number of nitrogens with zero attached hydrogens (tertiary/aromatic N) is 2. The molecule has 16 heavy (non-hydrogen) atoms. The van der Waals surface area contributed by atoms with Crippen LogP contribution in [0.1, 0.15) is 18.5 Å². The number of piperidine rings is 1. The van der Waals surface area contributed by atoms with Crippen molar-refractivity contribution in [2.24, 2.45) is 5.92 Å². The van der Waals surface area contributed by atoms with Crippen molar-refractivity contribution in [1.82, 2.24) is 9.88 Å². The highest BCUT2D eigenvalue weighted by Crippen LogP contribution is 2.15. The van der Waals surface area contributed by atoms with Gasteiger partial charge in [-0.1, -0.05) is 6.07 Å². The first-order chi connectivity index (χ1) is 7.74. The molecule has 1 aliphatic heterocycles. The van der Waals surface area contributed by atoms with Gasteiger partial charge in [-0.05, 0) is 51.4 Å². The zero-order valence-electron chi connectivity index (χ0n) is 10.2. The Balaban J connectivity index is 1.82. The van der Waals surface area contributed by atoms with E-state index in [4.69, 9.17) is 0 Å². The Morgan fingerprint density at radius 3 is 3.12 bits per heavy atom. The molecule has 3 heteroatoms. The molecule has 0 saturated carbocycles. The van der Waals surface area contributed by atoms with Crippen LogP contribution in [0, 0.1) is 12.8 Å². The maximum absolute atomic E-state index is 4.45. The van der Waals surface area contributed by atoms with Gasteiger partial charge in [0.2, 0.25) is 0 Å². The first-order valence-electron chi connectivity index (χ1n) is 6.10. The van der Waals surface area contributed by atoms with Crippen LogP contribution < -0.4 is 5.32 Å². The molecular formula is C13H21N3. The summed E-state index contributed by atoms with van der Waals surface area (Å²) in [6.07, 6.45) is 2.66. The normalized spacial score (nSPS) is 22.0. The quantitative estimate of drug-likeness (QED) is 0.844. The van der Waals surface area contributed by atoms with Gasteiger partial charge in [-0.15, -0.1) is 0 Å². The number of nitrogens with one attached hydrogen (secondary N) is 1. The molecule has 0 amide bonds. The van der Waals surface area contributed by atoms with Crippen molar-refractivity contribution in [2.75, 3.05) is 32.0 Å². The second kappa shape index (κ2) is 5.30. The van der Waals surface area contributed by atoms with Crippen LogP contribution >= 0.6 is 0 Å². The first-order valence-corrected chi connectivity index (χ1v) is 6.10. The molecule has 0 aliphatic carbocycles. The monoisotopic (exact) mass is 219 g/mol. The van der Waals surface area contributed by atoms with E-state index in [1.807, 2.05) is 19.1 Å². The summed E-state index contributed by atoms with van der Waals surface area (Å²) >= 11 is 0. The molecule has 2 rings (SSSR count). The van der Waals surface area contributed by atoms with Crippen LogP contribution in [-0.2, 0) is 0 Å². The van der Waals surface area contributed by atoms with Crippen molar-refractivity contribution in [2.45, 2.75) is 19.8 Å². The van der Waals surface area contributed by atoms with Gasteiger partial charge in [-0.3, -0.25) is 0 Å². The van der Waals surface area contributed by atoms with E-state index in [1.54, 1.807) is 0 Å². The predicted octanol–water partition coefficient (Wildman–Crippen LogP) is 2.14. The van der Waals surface area contributed by atoms with Crippen LogP contribution in [-0.4, -0.2) is 36.6 Å². The average molecular weight is 219 g/mol. The SMILES string of the molecule is Cc1cccc(NCC2CCCN(C)C2)n1. The minimum Gasteiger partial charge on any atom is -0.370 e. The molecule has 0 spiro atoms. The summed E-state index contributed by atoms with van der Waals surface area (Å²) in [6, 6.07) is 6.12. The highest BCUT2D eigenvalue weighted by atomic mass is 15.1. The average Bonchev–Trinajstić information content (AvgIpc) is 2.27. The zero-order valence-corrected chi connectivity index (χ0v) is 10.2. The van der Waals surface area contributed by atoms with Crippen molar-refractivity contribution in [1.29, 1.82) is 0 Å². The summed E-state index contributed by atoms with van der Waals surface area (Å²) in [5, 5.41) is 3.44. The van der Waals surface area contributed by atoms with Crippen molar-refractivity contribution in [3.63, 3.8) is 0 Å². The molecule has 1 saturated heterocycles. The number of aromatic nitrogens is 1. The fourth-order valence-electron chi connectivity index (χ4n) is 2.33. The number of pyridine rings is 1. The summed E-state index contributed by atoms with van der Waals surface area (Å²) in [6.45, 7) is 5.53. The molecule has 0 bridgehead atoms. The number of aryl methyl sites for hydroxylation is 1. The number of likely N-dealkylation sites (tertiary alicyclic amines) is 1. The third kappa shape index (κ3) is 3.20. The lowest BCUT2D eigenvalue weighted by molar-refractivity contribution is 0.217. The molecule has 1 N–H and O–H groups in total. The fourth-order valence-corrected chi connectivity index (χ4v) is 2.33. The van der Waals surface area contributed by atoms with Crippen LogP contribution in [0.5, 0.6) is 0 Å². The third-order valence-electron chi connectivity index (χ3n) is 3.18. The van der Waals surface area contributed by atoms with Gasteiger partial charge in [0.25, 0.3) is 0 Å². The van der Waals surface area contributed by atoms with E-state index in [0.717, 1.165) is 24.0 Å². The van der Waals surface area contributed by atoms with Gasteiger partial charge in [0.1, 0.15) is 5.82 Å². The van der Waals surface area contributed by atoms with Crippen LogP contribution in [0.25, 0.3) is 0 Å². The minimum atomic E-state index is 0.765. The molecular weight excluding hydrogens is 198 g/mol. The van der Waals surface area contributed by atoms with E-state index < -0.39 is 0 Å². The number of anilines is 1. The van der Waals surface area contributed by atoms with Gasteiger partial charge in [-0.25, -0.2) is 4.98 Å². The largest absolute Gasteiger partial charge is 0.370 e. The van der Waals surface area contributed by atoms with Gasteiger partial charge in [0.15, 0.2) is 0 Å². The maximum Gasteiger partial charge on any atom is 0.126 e. The molecule has 88 valence electrons. The Kier molecular flexibility index (Phi) is 3.78. The van der Waals surface area contributed by atoms with Crippen molar-refractivity contribution in [3.8, 4) is 0 Å². The summed E-state index contributed by atoms with van der Waals surface area (Å²) in [5.74, 6) is 1.77. The lowest BCUT2D eigenvalue weighted by Crippen LogP contribution is -2.35. The highest BCUT2D eigenvalue weighted by molar-refractivity contribution is 5.35. The second-order valence-corrected chi connectivity index (χ2v) is 4.82. The van der Waals surface area contributed by atoms with E-state index in [9.17, 15) is 0 Å². The van der Waals surface area contributed by atoms with Crippen LogP contribution in [0.2, 0.25) is 0 Å². The topological polar surface area (TPSA) is 28.2 Å². The summed E-state index contributed by atoms with van der Waals surface area (Å²) in [5.41, 5.74) is 1.07. The van der Waals surface area contributed by atoms with E-state index in [0.29, 0.717) is 0 Å². The van der Waals surface area contributed by atoms with Crippen molar-refractivity contribution in [3.05, 3.63) is 23.9 Å². The summed E-state index contributed by atoms with van der Waals surface area (Å²) in [7, 11) is 2.21. The second-order valence-electron chi connectivity index (χ2n) is 4.82. The van der Waals surface area contributed by atoms with E-state index in [1.165, 1.54) is 25.9 Å². The van der Waals surface area contributed by atoms with Gasteiger partial charge >= 0.3 is 0 Å².